The predicted octanol–water partition coefficient (Wildman–Crippen LogP) is 2.53. The first kappa shape index (κ1) is 22.6. The van der Waals surface area contributed by atoms with Gasteiger partial charge in [0.05, 0.1) is 6.04 Å². The Bertz CT molecular complexity index is 827. The number of carbonyl (C=O) groups excluding carboxylic acids is 1. The van der Waals surface area contributed by atoms with Crippen molar-refractivity contribution in [3.63, 3.8) is 0 Å². The Balaban J connectivity index is 1.62. The number of hydrazine groups is 2. The van der Waals surface area contributed by atoms with Gasteiger partial charge >= 0.3 is 6.03 Å². The molecular weight excluding hydrogens is 399 g/mol. The fourth-order valence-electron chi connectivity index (χ4n) is 3.52. The molecule has 0 radical (unpaired) electrons. The van der Waals surface area contributed by atoms with E-state index in [1.807, 2.05) is 23.9 Å². The Kier molecular flexibility index (Phi) is 7.91. The van der Waals surface area contributed by atoms with E-state index in [9.17, 15) is 14.3 Å². The van der Waals surface area contributed by atoms with Crippen molar-refractivity contribution in [2.75, 3.05) is 6.54 Å². The van der Waals surface area contributed by atoms with Crippen molar-refractivity contribution in [2.45, 2.75) is 50.6 Å². The van der Waals surface area contributed by atoms with Crippen LogP contribution in [0.5, 0.6) is 0 Å². The summed E-state index contributed by atoms with van der Waals surface area (Å²) in [6.45, 7) is 0.421. The van der Waals surface area contributed by atoms with E-state index in [4.69, 9.17) is 11.7 Å². The average Bonchev–Trinajstić information content (AvgIpc) is 3.56. The maximum Gasteiger partial charge on any atom is 0.328 e. The van der Waals surface area contributed by atoms with E-state index in [1.165, 1.54) is 17.1 Å². The number of hydrogen-bond donors (Lipinski definition) is 5. The number of aliphatic hydroxyl groups is 1. The van der Waals surface area contributed by atoms with Crippen molar-refractivity contribution in [1.29, 1.82) is 0 Å². The number of nitrogens with two attached hydrogens (primary N) is 2. The maximum absolute atomic E-state index is 13.2. The first-order valence-electron chi connectivity index (χ1n) is 10.5. The molecule has 1 fully saturated rings. The van der Waals surface area contributed by atoms with Gasteiger partial charge in [-0.2, -0.15) is 0 Å². The molecule has 0 spiro atoms. The van der Waals surface area contributed by atoms with Gasteiger partial charge in [-0.3, -0.25) is 5.43 Å². The normalized spacial score (nSPS) is 16.6. The third-order valence-corrected chi connectivity index (χ3v) is 5.61. The van der Waals surface area contributed by atoms with Crippen molar-refractivity contribution in [3.8, 4) is 0 Å². The molecule has 2 aliphatic rings. The van der Waals surface area contributed by atoms with E-state index in [1.54, 1.807) is 18.3 Å². The summed E-state index contributed by atoms with van der Waals surface area (Å²) in [7, 11) is 0. The summed E-state index contributed by atoms with van der Waals surface area (Å²) in [5, 5.41) is 14.9. The van der Waals surface area contributed by atoms with Crippen LogP contribution in [-0.2, 0) is 6.42 Å². The molecule has 7 N–H and O–H groups in total. The van der Waals surface area contributed by atoms with Gasteiger partial charge in [0.15, 0.2) is 0 Å². The minimum absolute atomic E-state index is 0.0468. The van der Waals surface area contributed by atoms with E-state index in [0.717, 1.165) is 30.4 Å². The quantitative estimate of drug-likeness (QED) is 0.121. The Morgan fingerprint density at radius 2 is 2.00 bits per heavy atom. The van der Waals surface area contributed by atoms with Crippen LogP contribution in [-0.4, -0.2) is 39.7 Å². The van der Waals surface area contributed by atoms with E-state index in [2.05, 4.69) is 10.2 Å². The molecule has 168 valence electrons. The lowest BCUT2D eigenvalue weighted by Crippen LogP contribution is -2.42. The summed E-state index contributed by atoms with van der Waals surface area (Å²) >= 11 is 0. The average molecular weight is 431 g/mol. The van der Waals surface area contributed by atoms with Crippen LogP contribution in [0.2, 0.25) is 0 Å². The number of nitrogens with one attached hydrogen (secondary N) is 2. The number of aliphatic hydroxyl groups excluding tert-OH is 1. The standard InChI is InChI=1S/C22H31FN6O2/c23-18-8-6-16(7-9-18)15-19(28-13-14-28)10-12-29(25)20(21(30)17-3-1-4-17)5-2-11-26-22(31)27-24/h6-10,12-14,19-20,30H,1-5,11,15,24-25H2,(H2,26,27,31)/b12-10+/t19-,20?/m1/s1. The number of nitrogens with zero attached hydrogens (tertiary/aromatic N) is 2. The number of carbonyl (C=O) groups is 1. The molecule has 9 heteroatoms. The Labute approximate surface area is 182 Å². The summed E-state index contributed by atoms with van der Waals surface area (Å²) in [5.41, 5.74) is 4.08. The molecule has 31 heavy (non-hydrogen) atoms. The molecule has 1 saturated carbocycles. The highest BCUT2D eigenvalue weighted by Crippen LogP contribution is 2.31. The second-order valence-electron chi connectivity index (χ2n) is 7.83. The van der Waals surface area contributed by atoms with Crippen LogP contribution in [0, 0.1) is 5.82 Å². The summed E-state index contributed by atoms with van der Waals surface area (Å²) in [6, 6.07) is 5.70. The molecule has 1 aliphatic heterocycles. The third-order valence-electron chi connectivity index (χ3n) is 5.61. The summed E-state index contributed by atoms with van der Waals surface area (Å²) in [6.07, 6.45) is 12.5. The number of allylic oxidation sites excluding steroid dienone is 1. The summed E-state index contributed by atoms with van der Waals surface area (Å²) in [5.74, 6) is 11.5. The van der Waals surface area contributed by atoms with Crippen molar-refractivity contribution >= 4 is 6.03 Å². The van der Waals surface area contributed by atoms with Gasteiger partial charge in [-0.25, -0.2) is 20.9 Å². The minimum atomic E-state index is -0.447. The van der Waals surface area contributed by atoms with Gasteiger partial charge in [-0.15, -0.1) is 0 Å². The van der Waals surface area contributed by atoms with Crippen LogP contribution in [0.1, 0.15) is 37.7 Å². The third kappa shape index (κ3) is 6.73. The number of amides is 2. The minimum Gasteiger partial charge on any atom is -0.510 e. The Morgan fingerprint density at radius 1 is 1.29 bits per heavy atom. The van der Waals surface area contributed by atoms with Gasteiger partial charge in [-0.1, -0.05) is 12.1 Å². The zero-order chi connectivity index (χ0) is 22.2. The fraction of sp³-hybridized carbons (Fsp3) is 0.409. The van der Waals surface area contributed by atoms with Gasteiger partial charge in [0, 0.05) is 25.1 Å². The number of urea groups is 1. The Hall–Kier alpha value is -3.04. The molecule has 1 heterocycles. The van der Waals surface area contributed by atoms with Gasteiger partial charge in [0.2, 0.25) is 0 Å². The highest BCUT2D eigenvalue weighted by Gasteiger charge is 2.25. The van der Waals surface area contributed by atoms with Gasteiger partial charge in [-0.05, 0) is 67.9 Å². The topological polar surface area (TPSA) is 120 Å². The zero-order valence-corrected chi connectivity index (χ0v) is 17.5. The second kappa shape index (κ2) is 10.8. The molecule has 2 amide bonds. The molecule has 8 nitrogen and oxygen atoms in total. The van der Waals surface area contributed by atoms with E-state index < -0.39 is 6.03 Å². The van der Waals surface area contributed by atoms with Crippen molar-refractivity contribution in [1.82, 2.24) is 20.7 Å². The van der Waals surface area contributed by atoms with Crippen LogP contribution in [0.4, 0.5) is 9.18 Å². The molecule has 1 aromatic carbocycles. The lowest BCUT2D eigenvalue weighted by Gasteiger charge is -2.30. The largest absolute Gasteiger partial charge is 0.510 e. The number of benzene rings is 1. The van der Waals surface area contributed by atoms with Crippen LogP contribution < -0.4 is 22.4 Å². The fourth-order valence-corrected chi connectivity index (χ4v) is 3.52. The summed E-state index contributed by atoms with van der Waals surface area (Å²) < 4.78 is 13.2. The molecule has 0 saturated heterocycles. The van der Waals surface area contributed by atoms with Gasteiger partial charge in [0.1, 0.15) is 17.6 Å². The maximum atomic E-state index is 13.2. The van der Waals surface area contributed by atoms with Crippen molar-refractivity contribution in [3.05, 3.63) is 71.7 Å². The first-order valence-corrected chi connectivity index (χ1v) is 10.5. The van der Waals surface area contributed by atoms with E-state index in [0.29, 0.717) is 31.6 Å². The predicted molar refractivity (Wildman–Crippen MR) is 117 cm³/mol. The van der Waals surface area contributed by atoms with Crippen molar-refractivity contribution in [2.24, 2.45) is 11.7 Å². The smallest absolute Gasteiger partial charge is 0.328 e. The van der Waals surface area contributed by atoms with E-state index >= 15 is 0 Å². The highest BCUT2D eigenvalue weighted by atomic mass is 19.1. The van der Waals surface area contributed by atoms with Crippen LogP contribution in [0.15, 0.2) is 60.3 Å². The molecular formula is C22H31FN6O2. The number of hydrogen-bond acceptors (Lipinski definition) is 6. The molecule has 1 aromatic rings. The molecule has 2 atom stereocenters. The lowest BCUT2D eigenvalue weighted by molar-refractivity contribution is 0.212. The molecule has 0 aromatic heterocycles. The second-order valence-corrected chi connectivity index (χ2v) is 7.83. The monoisotopic (exact) mass is 430 g/mol. The Morgan fingerprint density at radius 3 is 2.58 bits per heavy atom. The van der Waals surface area contributed by atoms with Crippen LogP contribution >= 0.6 is 0 Å². The highest BCUT2D eigenvalue weighted by molar-refractivity contribution is 5.72. The molecule has 1 unspecified atom stereocenters. The van der Waals surface area contributed by atoms with Gasteiger partial charge in [0.25, 0.3) is 0 Å². The molecule has 3 rings (SSSR count). The van der Waals surface area contributed by atoms with Crippen LogP contribution in [0.3, 0.4) is 0 Å². The molecule has 0 bridgehead atoms. The van der Waals surface area contributed by atoms with E-state index in [-0.39, 0.29) is 17.9 Å². The zero-order valence-electron chi connectivity index (χ0n) is 17.5. The SMILES string of the molecule is NNC(=O)NCCCC(C(O)=C1CCC1)N(N)/C=C/[C@H](Cc1ccc(F)cc1)N1C=C1. The first-order chi connectivity index (χ1) is 15.0. The molecule has 1 aliphatic carbocycles. The van der Waals surface area contributed by atoms with Crippen LogP contribution in [0.25, 0.3) is 0 Å². The number of halogens is 1. The van der Waals surface area contributed by atoms with Gasteiger partial charge < -0.3 is 20.3 Å². The van der Waals surface area contributed by atoms with Crippen molar-refractivity contribution < 1.29 is 14.3 Å². The lowest BCUT2D eigenvalue weighted by atomic mass is 9.88. The number of rotatable bonds is 11. The summed E-state index contributed by atoms with van der Waals surface area (Å²) in [4.78, 5) is 13.3.